The normalized spacial score (nSPS) is 11.2. The highest BCUT2D eigenvalue weighted by Crippen LogP contribution is 2.18. The van der Waals surface area contributed by atoms with Crippen LogP contribution in [0.3, 0.4) is 0 Å². The van der Waals surface area contributed by atoms with Crippen LogP contribution in [0.5, 0.6) is 0 Å². The first-order valence-corrected chi connectivity index (χ1v) is 5.87. The number of furan rings is 1. The van der Waals surface area contributed by atoms with E-state index in [1.807, 2.05) is 19.1 Å². The molecule has 0 aliphatic heterocycles. The zero-order valence-electron chi connectivity index (χ0n) is 11.5. The SMILES string of the molecule is Cc1ccc(/C=C(\C#N)c2nc(N)nc(N(C)C)n2)o1. The standard InChI is InChI=1S/C13H14N6O/c1-8-4-5-10(20-8)6-9(7-14)11-16-12(15)18-13(17-11)19(2)3/h4-6H,1-3H3,(H2,15,16,17,18)/b9-6+. The molecule has 0 spiro atoms. The third-order valence-corrected chi connectivity index (χ3v) is 2.45. The lowest BCUT2D eigenvalue weighted by atomic mass is 10.2. The zero-order chi connectivity index (χ0) is 14.7. The molecule has 7 nitrogen and oxygen atoms in total. The van der Waals surface area contributed by atoms with E-state index in [2.05, 4.69) is 15.0 Å². The van der Waals surface area contributed by atoms with Crippen molar-refractivity contribution < 1.29 is 4.42 Å². The summed E-state index contributed by atoms with van der Waals surface area (Å²) in [5.41, 5.74) is 5.90. The molecule has 0 atom stereocenters. The van der Waals surface area contributed by atoms with Crippen molar-refractivity contribution in [2.45, 2.75) is 6.92 Å². The highest BCUT2D eigenvalue weighted by Gasteiger charge is 2.11. The second-order valence-corrected chi connectivity index (χ2v) is 4.33. The Balaban J connectivity index is 2.47. The van der Waals surface area contributed by atoms with Crippen LogP contribution in [0.1, 0.15) is 17.3 Å². The molecule has 2 heterocycles. The van der Waals surface area contributed by atoms with Gasteiger partial charge in [0, 0.05) is 20.2 Å². The summed E-state index contributed by atoms with van der Waals surface area (Å²) in [4.78, 5) is 13.9. The van der Waals surface area contributed by atoms with Crippen LogP contribution in [-0.4, -0.2) is 29.0 Å². The summed E-state index contributed by atoms with van der Waals surface area (Å²) in [6.07, 6.45) is 1.57. The van der Waals surface area contributed by atoms with Gasteiger partial charge in [0.2, 0.25) is 11.9 Å². The predicted octanol–water partition coefficient (Wildman–Crippen LogP) is 1.49. The van der Waals surface area contributed by atoms with Crippen molar-refractivity contribution >= 4 is 23.5 Å². The monoisotopic (exact) mass is 270 g/mol. The number of nitrogen functional groups attached to an aromatic ring is 1. The van der Waals surface area contributed by atoms with Gasteiger partial charge in [-0.1, -0.05) is 0 Å². The van der Waals surface area contributed by atoms with E-state index >= 15 is 0 Å². The van der Waals surface area contributed by atoms with Gasteiger partial charge < -0.3 is 15.1 Å². The van der Waals surface area contributed by atoms with Gasteiger partial charge in [-0.15, -0.1) is 0 Å². The second-order valence-electron chi connectivity index (χ2n) is 4.33. The molecule has 0 radical (unpaired) electrons. The van der Waals surface area contributed by atoms with Gasteiger partial charge in [0.25, 0.3) is 0 Å². The number of hydrogen-bond acceptors (Lipinski definition) is 7. The first kappa shape index (κ1) is 13.5. The fourth-order valence-electron chi connectivity index (χ4n) is 1.52. The molecule has 2 rings (SSSR count). The highest BCUT2D eigenvalue weighted by atomic mass is 16.3. The molecular weight excluding hydrogens is 256 g/mol. The van der Waals surface area contributed by atoms with Gasteiger partial charge in [0.15, 0.2) is 5.82 Å². The van der Waals surface area contributed by atoms with E-state index in [1.165, 1.54) is 0 Å². The second kappa shape index (κ2) is 5.40. The third kappa shape index (κ3) is 2.92. The maximum Gasteiger partial charge on any atom is 0.230 e. The van der Waals surface area contributed by atoms with Crippen molar-refractivity contribution in [3.63, 3.8) is 0 Å². The van der Waals surface area contributed by atoms with Crippen LogP contribution in [0.4, 0.5) is 11.9 Å². The van der Waals surface area contributed by atoms with Gasteiger partial charge in [-0.05, 0) is 19.1 Å². The van der Waals surface area contributed by atoms with Crippen LogP contribution in [0.25, 0.3) is 11.6 Å². The number of nitriles is 1. The lowest BCUT2D eigenvalue weighted by Crippen LogP contribution is -2.15. The minimum Gasteiger partial charge on any atom is -0.462 e. The van der Waals surface area contributed by atoms with E-state index in [0.29, 0.717) is 11.7 Å². The average Bonchev–Trinajstić information content (AvgIpc) is 2.80. The molecular formula is C13H14N6O. The number of aromatic nitrogens is 3. The van der Waals surface area contributed by atoms with Gasteiger partial charge in [-0.3, -0.25) is 0 Å². The van der Waals surface area contributed by atoms with E-state index in [-0.39, 0.29) is 17.3 Å². The average molecular weight is 270 g/mol. The number of aryl methyl sites for hydroxylation is 1. The largest absolute Gasteiger partial charge is 0.462 e. The van der Waals surface area contributed by atoms with Crippen molar-refractivity contribution in [2.24, 2.45) is 0 Å². The summed E-state index contributed by atoms with van der Waals surface area (Å²) in [7, 11) is 3.56. The lowest BCUT2D eigenvalue weighted by Gasteiger charge is -2.10. The van der Waals surface area contributed by atoms with E-state index in [0.717, 1.165) is 5.76 Å². The molecule has 0 saturated heterocycles. The molecule has 0 saturated carbocycles. The Morgan fingerprint density at radius 2 is 2.10 bits per heavy atom. The first-order chi connectivity index (χ1) is 9.49. The minimum absolute atomic E-state index is 0.0653. The maximum absolute atomic E-state index is 9.25. The number of anilines is 2. The van der Waals surface area contributed by atoms with Crippen LogP contribution in [0.2, 0.25) is 0 Å². The topological polar surface area (TPSA) is 105 Å². The lowest BCUT2D eigenvalue weighted by molar-refractivity contribution is 0.525. The molecule has 0 aromatic carbocycles. The highest BCUT2D eigenvalue weighted by molar-refractivity contribution is 5.86. The van der Waals surface area contributed by atoms with Crippen molar-refractivity contribution in [1.29, 1.82) is 5.26 Å². The van der Waals surface area contributed by atoms with Crippen LogP contribution in [0.15, 0.2) is 16.5 Å². The summed E-state index contributed by atoms with van der Waals surface area (Å²) in [5, 5.41) is 9.25. The van der Waals surface area contributed by atoms with Gasteiger partial charge >= 0.3 is 0 Å². The fraction of sp³-hybridized carbons (Fsp3) is 0.231. The third-order valence-electron chi connectivity index (χ3n) is 2.45. The molecule has 0 bridgehead atoms. The summed E-state index contributed by atoms with van der Waals surface area (Å²) >= 11 is 0. The Morgan fingerprint density at radius 3 is 2.65 bits per heavy atom. The van der Waals surface area contributed by atoms with E-state index in [9.17, 15) is 5.26 Å². The summed E-state index contributed by atoms with van der Waals surface area (Å²) in [5.74, 6) is 2.00. The number of nitrogens with zero attached hydrogens (tertiary/aromatic N) is 5. The molecule has 0 unspecified atom stereocenters. The molecule has 0 fully saturated rings. The smallest absolute Gasteiger partial charge is 0.230 e. The summed E-state index contributed by atoms with van der Waals surface area (Å²) in [6, 6.07) is 5.62. The number of nitrogens with two attached hydrogens (primary N) is 1. The van der Waals surface area contributed by atoms with Crippen LogP contribution in [0, 0.1) is 18.3 Å². The van der Waals surface area contributed by atoms with Crippen LogP contribution < -0.4 is 10.6 Å². The van der Waals surface area contributed by atoms with Crippen LogP contribution >= 0.6 is 0 Å². The molecule has 0 aliphatic rings. The van der Waals surface area contributed by atoms with Gasteiger partial charge in [0.1, 0.15) is 23.2 Å². The maximum atomic E-state index is 9.25. The Bertz CT molecular complexity index is 695. The van der Waals surface area contributed by atoms with Crippen molar-refractivity contribution in [3.8, 4) is 6.07 Å². The van der Waals surface area contributed by atoms with Crippen molar-refractivity contribution in [1.82, 2.24) is 15.0 Å². The summed E-state index contributed by atoms with van der Waals surface area (Å²) < 4.78 is 5.40. The summed E-state index contributed by atoms with van der Waals surface area (Å²) in [6.45, 7) is 1.83. The Hall–Kier alpha value is -2.88. The molecule has 2 N–H and O–H groups in total. The molecule has 0 aliphatic carbocycles. The Kier molecular flexibility index (Phi) is 3.66. The quantitative estimate of drug-likeness (QED) is 0.842. The van der Waals surface area contributed by atoms with Gasteiger partial charge in [0.05, 0.1) is 0 Å². The molecule has 2 aromatic rings. The van der Waals surface area contributed by atoms with E-state index in [1.54, 1.807) is 31.1 Å². The Morgan fingerprint density at radius 1 is 1.35 bits per heavy atom. The van der Waals surface area contributed by atoms with Crippen LogP contribution in [-0.2, 0) is 0 Å². The molecule has 7 heteroatoms. The van der Waals surface area contributed by atoms with E-state index < -0.39 is 0 Å². The molecule has 0 amide bonds. The van der Waals surface area contributed by atoms with Gasteiger partial charge in [-0.25, -0.2) is 0 Å². The number of rotatable bonds is 3. The van der Waals surface area contributed by atoms with Crippen molar-refractivity contribution in [3.05, 3.63) is 29.5 Å². The first-order valence-electron chi connectivity index (χ1n) is 5.87. The van der Waals surface area contributed by atoms with Gasteiger partial charge in [-0.2, -0.15) is 20.2 Å². The molecule has 2 aromatic heterocycles. The molecule has 20 heavy (non-hydrogen) atoms. The predicted molar refractivity (Wildman–Crippen MR) is 75.5 cm³/mol. The Labute approximate surface area is 116 Å². The number of allylic oxidation sites excluding steroid dienone is 1. The zero-order valence-corrected chi connectivity index (χ0v) is 11.5. The van der Waals surface area contributed by atoms with Crippen molar-refractivity contribution in [2.75, 3.05) is 24.7 Å². The number of hydrogen-bond donors (Lipinski definition) is 1. The van der Waals surface area contributed by atoms with E-state index in [4.69, 9.17) is 10.2 Å². The fourth-order valence-corrected chi connectivity index (χ4v) is 1.52. The minimum atomic E-state index is 0.0653. The molecule has 102 valence electrons.